The Kier molecular flexibility index (Phi) is 5.61. The number of amides is 1. The second-order valence-electron chi connectivity index (χ2n) is 5.75. The van der Waals surface area contributed by atoms with Crippen LogP contribution in [0.5, 0.6) is 0 Å². The number of ether oxygens (including phenoxy) is 1. The zero-order valence-electron chi connectivity index (χ0n) is 12.6. The van der Waals surface area contributed by atoms with Crippen molar-refractivity contribution < 1.29 is 19.4 Å². The van der Waals surface area contributed by atoms with Gasteiger partial charge in [0.05, 0.1) is 0 Å². The fraction of sp³-hybridized carbons (Fsp3) is 0.467. The van der Waals surface area contributed by atoms with Crippen molar-refractivity contribution in [2.75, 3.05) is 0 Å². The zero-order chi connectivity index (χ0) is 16.2. The van der Waals surface area contributed by atoms with Crippen molar-refractivity contribution in [2.45, 2.75) is 45.9 Å². The van der Waals surface area contributed by atoms with Gasteiger partial charge in [-0.1, -0.05) is 23.7 Å². The Morgan fingerprint density at radius 1 is 1.29 bits per heavy atom. The summed E-state index contributed by atoms with van der Waals surface area (Å²) < 4.78 is 5.26. The summed E-state index contributed by atoms with van der Waals surface area (Å²) in [5.41, 5.74) is 0.0893. The molecule has 1 atom stereocenters. The van der Waals surface area contributed by atoms with Crippen LogP contribution in [0.25, 0.3) is 0 Å². The van der Waals surface area contributed by atoms with E-state index in [4.69, 9.17) is 21.4 Å². The fourth-order valence-corrected chi connectivity index (χ4v) is 1.73. The molecule has 21 heavy (non-hydrogen) atoms. The van der Waals surface area contributed by atoms with Crippen molar-refractivity contribution >= 4 is 23.7 Å². The topological polar surface area (TPSA) is 66.8 Å². The Morgan fingerprint density at radius 3 is 2.24 bits per heavy atom. The summed E-state index contributed by atoms with van der Waals surface area (Å²) in [6.07, 6.45) is -0.660. The number of carboxylic acid groups (broad SMARTS) is 1. The van der Waals surface area contributed by atoms with Crippen molar-refractivity contribution in [3.05, 3.63) is 34.9 Å². The predicted molar refractivity (Wildman–Crippen MR) is 80.3 cm³/mol. The molecule has 0 aromatic heterocycles. The Balaban J connectivity index is 2.94. The number of benzene rings is 1. The maximum Gasteiger partial charge on any atom is 0.411 e. The van der Waals surface area contributed by atoms with Gasteiger partial charge in [0.25, 0.3) is 0 Å². The van der Waals surface area contributed by atoms with Gasteiger partial charge in [-0.2, -0.15) is 0 Å². The van der Waals surface area contributed by atoms with Crippen LogP contribution in [0.15, 0.2) is 24.3 Å². The second-order valence-corrected chi connectivity index (χ2v) is 6.19. The Bertz CT molecular complexity index is 507. The summed E-state index contributed by atoms with van der Waals surface area (Å²) in [6, 6.07) is 5.88. The maximum atomic E-state index is 12.2. The van der Waals surface area contributed by atoms with Gasteiger partial charge in [-0.15, -0.1) is 0 Å². The van der Waals surface area contributed by atoms with Crippen LogP contribution < -0.4 is 0 Å². The first kappa shape index (κ1) is 17.3. The van der Waals surface area contributed by atoms with Crippen LogP contribution in [0.1, 0.15) is 33.3 Å². The molecule has 0 saturated carbocycles. The SMILES string of the molecule is C[C@@H](C(=O)O)N(Cc1ccc(Cl)cc1)C(=O)OC(C)(C)C. The van der Waals surface area contributed by atoms with Crippen LogP contribution in [0.2, 0.25) is 5.02 Å². The van der Waals surface area contributed by atoms with E-state index in [1.54, 1.807) is 45.0 Å². The van der Waals surface area contributed by atoms with Crippen molar-refractivity contribution in [3.8, 4) is 0 Å². The minimum absolute atomic E-state index is 0.138. The summed E-state index contributed by atoms with van der Waals surface area (Å²) in [5, 5.41) is 9.73. The third kappa shape index (κ3) is 5.63. The van der Waals surface area contributed by atoms with E-state index in [0.717, 1.165) is 5.56 Å². The van der Waals surface area contributed by atoms with E-state index >= 15 is 0 Å². The Morgan fingerprint density at radius 2 is 1.81 bits per heavy atom. The van der Waals surface area contributed by atoms with Gasteiger partial charge < -0.3 is 9.84 Å². The lowest BCUT2D eigenvalue weighted by Gasteiger charge is -2.30. The molecule has 1 amide bonds. The molecule has 0 radical (unpaired) electrons. The van der Waals surface area contributed by atoms with Crippen LogP contribution in [-0.4, -0.2) is 33.7 Å². The maximum absolute atomic E-state index is 12.2. The minimum atomic E-state index is -1.09. The smallest absolute Gasteiger partial charge is 0.411 e. The van der Waals surface area contributed by atoms with Gasteiger partial charge in [0, 0.05) is 11.6 Å². The molecular formula is C15H20ClNO4. The number of hydrogen-bond donors (Lipinski definition) is 1. The average molecular weight is 314 g/mol. The largest absolute Gasteiger partial charge is 0.480 e. The van der Waals surface area contributed by atoms with Gasteiger partial charge >= 0.3 is 12.1 Å². The van der Waals surface area contributed by atoms with Crippen LogP contribution in [0.4, 0.5) is 4.79 Å². The molecule has 0 aliphatic carbocycles. The summed E-state index contributed by atoms with van der Waals surface area (Å²) in [7, 11) is 0. The number of rotatable bonds is 4. The van der Waals surface area contributed by atoms with Crippen molar-refractivity contribution in [3.63, 3.8) is 0 Å². The Hall–Kier alpha value is -1.75. The second kappa shape index (κ2) is 6.80. The summed E-state index contributed by atoms with van der Waals surface area (Å²) in [4.78, 5) is 24.6. The van der Waals surface area contributed by atoms with Crippen LogP contribution in [-0.2, 0) is 16.1 Å². The molecule has 0 spiro atoms. The van der Waals surface area contributed by atoms with Gasteiger partial charge in [0.2, 0.25) is 0 Å². The lowest BCUT2D eigenvalue weighted by Crippen LogP contribution is -2.45. The summed E-state index contributed by atoms with van der Waals surface area (Å²) in [6.45, 7) is 6.78. The van der Waals surface area contributed by atoms with Crippen molar-refractivity contribution in [1.82, 2.24) is 4.90 Å². The first-order valence-corrected chi connectivity index (χ1v) is 6.95. The molecule has 0 saturated heterocycles. The monoisotopic (exact) mass is 313 g/mol. The standard InChI is InChI=1S/C15H20ClNO4/c1-10(13(18)19)17(14(20)21-15(2,3)4)9-11-5-7-12(16)8-6-11/h5-8,10H,9H2,1-4H3,(H,18,19)/t10-/m0/s1. The Labute approximate surface area is 129 Å². The predicted octanol–water partition coefficient (Wildman–Crippen LogP) is 3.55. The normalized spacial score (nSPS) is 12.6. The first-order valence-electron chi connectivity index (χ1n) is 6.57. The molecule has 0 bridgehead atoms. The highest BCUT2D eigenvalue weighted by Gasteiger charge is 2.29. The number of halogens is 1. The van der Waals surface area contributed by atoms with E-state index in [1.165, 1.54) is 11.8 Å². The average Bonchev–Trinajstić information content (AvgIpc) is 2.35. The lowest BCUT2D eigenvalue weighted by atomic mass is 10.2. The summed E-state index contributed by atoms with van der Waals surface area (Å²) >= 11 is 5.81. The number of nitrogens with zero attached hydrogens (tertiary/aromatic N) is 1. The van der Waals surface area contributed by atoms with Gasteiger partial charge in [-0.05, 0) is 45.4 Å². The van der Waals surface area contributed by atoms with Gasteiger partial charge in [-0.25, -0.2) is 9.59 Å². The summed E-state index contributed by atoms with van der Waals surface area (Å²) in [5.74, 6) is -1.09. The highest BCUT2D eigenvalue weighted by Crippen LogP contribution is 2.17. The van der Waals surface area contributed by atoms with E-state index in [0.29, 0.717) is 5.02 Å². The number of carbonyl (C=O) groups is 2. The van der Waals surface area contributed by atoms with Crippen molar-refractivity contribution in [1.29, 1.82) is 0 Å². The number of carboxylic acids is 1. The fourth-order valence-electron chi connectivity index (χ4n) is 1.60. The third-order valence-corrected chi connectivity index (χ3v) is 2.97. The number of carbonyl (C=O) groups excluding carboxylic acids is 1. The number of aliphatic carboxylic acids is 1. The molecule has 6 heteroatoms. The lowest BCUT2D eigenvalue weighted by molar-refractivity contribution is -0.142. The van der Waals surface area contributed by atoms with E-state index in [2.05, 4.69) is 0 Å². The molecule has 1 N–H and O–H groups in total. The van der Waals surface area contributed by atoms with Gasteiger partial charge in [0.15, 0.2) is 0 Å². The van der Waals surface area contributed by atoms with Crippen molar-refractivity contribution in [2.24, 2.45) is 0 Å². The molecule has 116 valence electrons. The molecule has 1 rings (SSSR count). The quantitative estimate of drug-likeness (QED) is 0.923. The number of hydrogen-bond acceptors (Lipinski definition) is 3. The van der Waals surface area contributed by atoms with E-state index in [1.807, 2.05) is 0 Å². The van der Waals surface area contributed by atoms with E-state index < -0.39 is 23.7 Å². The molecule has 5 nitrogen and oxygen atoms in total. The van der Waals surface area contributed by atoms with E-state index in [-0.39, 0.29) is 6.54 Å². The van der Waals surface area contributed by atoms with Crippen LogP contribution >= 0.6 is 11.6 Å². The highest BCUT2D eigenvalue weighted by atomic mass is 35.5. The third-order valence-electron chi connectivity index (χ3n) is 2.72. The first-order chi connectivity index (χ1) is 9.60. The molecule has 0 heterocycles. The van der Waals surface area contributed by atoms with E-state index in [9.17, 15) is 9.59 Å². The highest BCUT2D eigenvalue weighted by molar-refractivity contribution is 6.30. The zero-order valence-corrected chi connectivity index (χ0v) is 13.3. The van der Waals surface area contributed by atoms with Crippen LogP contribution in [0.3, 0.4) is 0 Å². The van der Waals surface area contributed by atoms with Crippen LogP contribution in [0, 0.1) is 0 Å². The molecule has 0 aliphatic rings. The molecule has 1 aromatic carbocycles. The molecule has 0 fully saturated rings. The molecular weight excluding hydrogens is 294 g/mol. The minimum Gasteiger partial charge on any atom is -0.480 e. The molecule has 1 aromatic rings. The van der Waals surface area contributed by atoms with Gasteiger partial charge in [-0.3, -0.25) is 4.90 Å². The molecule has 0 aliphatic heterocycles. The van der Waals surface area contributed by atoms with Gasteiger partial charge in [0.1, 0.15) is 11.6 Å². The molecule has 0 unspecified atom stereocenters.